The molecule has 2 amide bonds. The first-order valence-electron chi connectivity index (χ1n) is 8.62. The molecule has 2 aliphatic heterocycles. The van der Waals surface area contributed by atoms with Gasteiger partial charge in [0.2, 0.25) is 5.91 Å². The smallest absolute Gasteiger partial charge is 0.408 e. The lowest BCUT2D eigenvalue weighted by Gasteiger charge is -2.39. The van der Waals surface area contributed by atoms with Gasteiger partial charge < -0.3 is 20.0 Å². The lowest BCUT2D eigenvalue weighted by molar-refractivity contribution is -0.140. The van der Waals surface area contributed by atoms with Crippen molar-refractivity contribution in [3.05, 3.63) is 0 Å². The molecular weight excluding hydrogens is 298 g/mol. The van der Waals surface area contributed by atoms with E-state index in [4.69, 9.17) is 5.11 Å². The number of carbonyl (C=O) groups excluding carboxylic acids is 1. The Hall–Kier alpha value is -1.34. The van der Waals surface area contributed by atoms with Crippen molar-refractivity contribution in [1.29, 1.82) is 0 Å². The number of likely N-dealkylation sites (tertiary alicyclic amines) is 1. The number of aliphatic hydroxyl groups is 1. The monoisotopic (exact) mass is 325 g/mol. The molecule has 3 aliphatic rings. The third-order valence-electron chi connectivity index (χ3n) is 5.85. The van der Waals surface area contributed by atoms with E-state index < -0.39 is 12.1 Å². The largest absolute Gasteiger partial charge is 0.465 e. The zero-order valence-corrected chi connectivity index (χ0v) is 13.8. The molecule has 3 fully saturated rings. The van der Waals surface area contributed by atoms with Gasteiger partial charge in [0.15, 0.2) is 0 Å². The van der Waals surface area contributed by atoms with Crippen LogP contribution in [0.1, 0.15) is 32.6 Å². The van der Waals surface area contributed by atoms with Gasteiger partial charge in [-0.3, -0.25) is 9.69 Å². The summed E-state index contributed by atoms with van der Waals surface area (Å²) in [6.07, 6.45) is 3.07. The Balaban J connectivity index is 1.41. The summed E-state index contributed by atoms with van der Waals surface area (Å²) in [5.74, 6) is -0.103. The van der Waals surface area contributed by atoms with E-state index in [0.29, 0.717) is 19.6 Å². The van der Waals surface area contributed by atoms with Crippen LogP contribution < -0.4 is 0 Å². The second-order valence-electron chi connectivity index (χ2n) is 7.26. The number of hydrogen-bond acceptors (Lipinski definition) is 4. The van der Waals surface area contributed by atoms with Gasteiger partial charge in [-0.05, 0) is 51.1 Å². The summed E-state index contributed by atoms with van der Waals surface area (Å²) in [6, 6.07) is -0.590. The van der Waals surface area contributed by atoms with E-state index in [1.807, 2.05) is 0 Å². The molecule has 0 unspecified atom stereocenters. The first kappa shape index (κ1) is 16.5. The summed E-state index contributed by atoms with van der Waals surface area (Å²) in [7, 11) is 0. The highest BCUT2D eigenvalue weighted by atomic mass is 16.4. The molecule has 130 valence electrons. The van der Waals surface area contributed by atoms with Crippen LogP contribution >= 0.6 is 0 Å². The molecule has 1 saturated carbocycles. The number of amides is 2. The van der Waals surface area contributed by atoms with Crippen molar-refractivity contribution in [2.24, 2.45) is 5.41 Å². The van der Waals surface area contributed by atoms with Gasteiger partial charge in [-0.2, -0.15) is 0 Å². The first-order chi connectivity index (χ1) is 10.9. The minimum Gasteiger partial charge on any atom is -0.465 e. The summed E-state index contributed by atoms with van der Waals surface area (Å²) >= 11 is 0. The normalized spacial score (nSPS) is 30.8. The fourth-order valence-corrected chi connectivity index (χ4v) is 3.92. The Labute approximate surface area is 136 Å². The highest BCUT2D eigenvalue weighted by Crippen LogP contribution is 2.53. The molecule has 0 aromatic heterocycles. The number of carbonyl (C=O) groups is 2. The Bertz CT molecular complexity index is 480. The number of hydrogen-bond donors (Lipinski definition) is 2. The number of aliphatic hydroxyl groups excluding tert-OH is 1. The maximum Gasteiger partial charge on any atom is 0.408 e. The van der Waals surface area contributed by atoms with Crippen LogP contribution in [0, 0.1) is 5.41 Å². The third kappa shape index (κ3) is 3.30. The lowest BCUT2D eigenvalue weighted by Crippen LogP contribution is -2.57. The van der Waals surface area contributed by atoms with Crippen LogP contribution in [0.25, 0.3) is 0 Å². The molecule has 0 bridgehead atoms. The highest BCUT2D eigenvalue weighted by Gasteiger charge is 2.51. The molecule has 1 spiro atoms. The molecule has 23 heavy (non-hydrogen) atoms. The van der Waals surface area contributed by atoms with Crippen molar-refractivity contribution in [2.75, 3.05) is 39.3 Å². The fourth-order valence-electron chi connectivity index (χ4n) is 3.92. The number of rotatable bonds is 4. The van der Waals surface area contributed by atoms with Crippen LogP contribution in [0.15, 0.2) is 0 Å². The van der Waals surface area contributed by atoms with Crippen LogP contribution in [0.5, 0.6) is 0 Å². The number of β-amino-alcohol motifs (C(OH)–C–C–N with tert-alkyl or cyclic N) is 1. The lowest BCUT2D eigenvalue weighted by atomic mass is 9.90. The summed E-state index contributed by atoms with van der Waals surface area (Å²) in [4.78, 5) is 28.5. The van der Waals surface area contributed by atoms with Gasteiger partial charge in [-0.1, -0.05) is 0 Å². The quantitative estimate of drug-likeness (QED) is 0.783. The molecule has 0 aromatic rings. The second-order valence-corrected chi connectivity index (χ2v) is 7.26. The molecule has 7 heteroatoms. The van der Waals surface area contributed by atoms with Gasteiger partial charge in [-0.15, -0.1) is 0 Å². The second kappa shape index (κ2) is 6.28. The molecule has 0 aromatic carbocycles. The maximum atomic E-state index is 12.2. The van der Waals surface area contributed by atoms with Gasteiger partial charge in [0.05, 0.1) is 6.10 Å². The Morgan fingerprint density at radius 1 is 1.22 bits per heavy atom. The van der Waals surface area contributed by atoms with Gasteiger partial charge in [0.1, 0.15) is 6.04 Å². The molecule has 2 saturated heterocycles. The van der Waals surface area contributed by atoms with Gasteiger partial charge >= 0.3 is 6.09 Å². The van der Waals surface area contributed by atoms with Crippen molar-refractivity contribution in [2.45, 2.75) is 44.8 Å². The summed E-state index contributed by atoms with van der Waals surface area (Å²) in [6.45, 7) is 5.83. The molecule has 2 heterocycles. The van der Waals surface area contributed by atoms with Gasteiger partial charge in [-0.25, -0.2) is 4.79 Å². The number of carboxylic acid groups (broad SMARTS) is 1. The summed E-state index contributed by atoms with van der Waals surface area (Å²) < 4.78 is 0. The minimum absolute atomic E-state index is 0.103. The zero-order chi connectivity index (χ0) is 16.6. The minimum atomic E-state index is -1.03. The number of piperidine rings is 1. The van der Waals surface area contributed by atoms with Crippen molar-refractivity contribution < 1.29 is 19.8 Å². The molecule has 0 radical (unpaired) electrons. The van der Waals surface area contributed by atoms with Gasteiger partial charge in [0.25, 0.3) is 0 Å². The van der Waals surface area contributed by atoms with Crippen LogP contribution in [0.3, 0.4) is 0 Å². The average molecular weight is 325 g/mol. The maximum absolute atomic E-state index is 12.2. The van der Waals surface area contributed by atoms with E-state index in [9.17, 15) is 14.7 Å². The van der Waals surface area contributed by atoms with Crippen molar-refractivity contribution in [1.82, 2.24) is 14.7 Å². The summed E-state index contributed by atoms with van der Waals surface area (Å²) in [5.41, 5.74) is 0.231. The predicted molar refractivity (Wildman–Crippen MR) is 84.1 cm³/mol. The Morgan fingerprint density at radius 3 is 2.57 bits per heavy atom. The van der Waals surface area contributed by atoms with Crippen molar-refractivity contribution in [3.8, 4) is 0 Å². The number of nitrogens with zero attached hydrogens (tertiary/aromatic N) is 3. The molecule has 2 N–H and O–H groups in total. The fraction of sp³-hybridized carbons (Fsp3) is 0.875. The van der Waals surface area contributed by atoms with E-state index in [-0.39, 0.29) is 17.4 Å². The zero-order valence-electron chi connectivity index (χ0n) is 13.8. The van der Waals surface area contributed by atoms with Crippen LogP contribution in [0.2, 0.25) is 0 Å². The third-order valence-corrected chi connectivity index (χ3v) is 5.85. The van der Waals surface area contributed by atoms with E-state index in [1.54, 1.807) is 11.8 Å². The van der Waals surface area contributed by atoms with Crippen LogP contribution in [0.4, 0.5) is 4.79 Å². The molecule has 1 aliphatic carbocycles. The molecule has 3 rings (SSSR count). The van der Waals surface area contributed by atoms with Crippen LogP contribution in [-0.4, -0.2) is 88.3 Å². The van der Waals surface area contributed by atoms with E-state index in [1.165, 1.54) is 17.7 Å². The Morgan fingerprint density at radius 2 is 1.96 bits per heavy atom. The summed E-state index contributed by atoms with van der Waals surface area (Å²) in [5, 5.41) is 19.3. The van der Waals surface area contributed by atoms with Crippen LogP contribution in [-0.2, 0) is 4.79 Å². The standard InChI is InChI=1S/C16H27N3O4/c1-12-14(21)18(9-10-19(12)15(22)23)7-2-6-17-8-5-16(3-4-16)13(20)11-17/h12-13,20H,2-11H2,1H3,(H,22,23)/t12-,13+/m0/s1. The highest BCUT2D eigenvalue weighted by molar-refractivity contribution is 5.86. The average Bonchev–Trinajstić information content (AvgIpc) is 3.28. The van der Waals surface area contributed by atoms with Crippen molar-refractivity contribution in [3.63, 3.8) is 0 Å². The SMILES string of the molecule is C[C@H]1C(=O)N(CCCN2CCC3(CC3)[C@H](O)C2)CCN1C(=O)O. The van der Waals surface area contributed by atoms with E-state index in [2.05, 4.69) is 4.90 Å². The first-order valence-corrected chi connectivity index (χ1v) is 8.62. The topological polar surface area (TPSA) is 84.3 Å². The van der Waals surface area contributed by atoms with E-state index >= 15 is 0 Å². The molecular formula is C16H27N3O4. The predicted octanol–water partition coefficient (Wildman–Crippen LogP) is 0.434. The number of piperazine rings is 1. The molecule has 2 atom stereocenters. The van der Waals surface area contributed by atoms with Crippen molar-refractivity contribution >= 4 is 12.0 Å². The van der Waals surface area contributed by atoms with E-state index in [0.717, 1.165) is 32.5 Å². The van der Waals surface area contributed by atoms with Gasteiger partial charge in [0, 0.05) is 26.2 Å². The molecule has 7 nitrogen and oxygen atoms in total. The Kier molecular flexibility index (Phi) is 4.51.